The molecule has 0 amide bonds. The summed E-state index contributed by atoms with van der Waals surface area (Å²) >= 11 is 0. The summed E-state index contributed by atoms with van der Waals surface area (Å²) in [4.78, 5) is 10.3. The Kier molecular flexibility index (Phi) is 3.16. The first kappa shape index (κ1) is 10.6. The topological polar surface area (TPSA) is 55.1 Å². The monoisotopic (exact) mass is 204 g/mol. The van der Waals surface area contributed by atoms with Gasteiger partial charge in [-0.2, -0.15) is 5.10 Å². The minimum Gasteiger partial charge on any atom is -0.481 e. The maximum absolute atomic E-state index is 12.5. The fourth-order valence-electron chi connectivity index (χ4n) is 1.17. The average molecular weight is 204 g/mol. The van der Waals surface area contributed by atoms with Crippen LogP contribution in [0.15, 0.2) is 12.4 Å². The number of aromatic nitrogens is 2. The third-order valence-corrected chi connectivity index (χ3v) is 1.85. The highest BCUT2D eigenvalue weighted by Crippen LogP contribution is 2.26. The molecule has 0 aliphatic carbocycles. The molecular weight excluding hydrogens is 194 g/mol. The van der Waals surface area contributed by atoms with Gasteiger partial charge in [0, 0.05) is 13.2 Å². The molecule has 0 bridgehead atoms. The van der Waals surface area contributed by atoms with Gasteiger partial charge in [-0.3, -0.25) is 9.48 Å². The number of alkyl halides is 2. The van der Waals surface area contributed by atoms with Crippen LogP contribution in [0.25, 0.3) is 0 Å². The second kappa shape index (κ2) is 4.17. The van der Waals surface area contributed by atoms with Crippen molar-refractivity contribution >= 4 is 5.97 Å². The number of rotatable bonds is 4. The van der Waals surface area contributed by atoms with Crippen molar-refractivity contribution in [1.29, 1.82) is 0 Å². The lowest BCUT2D eigenvalue weighted by Gasteiger charge is -2.10. The Balaban J connectivity index is 2.82. The van der Waals surface area contributed by atoms with Gasteiger partial charge in [0.15, 0.2) is 0 Å². The van der Waals surface area contributed by atoms with E-state index in [1.54, 1.807) is 7.05 Å². The maximum Gasteiger partial charge on any atom is 0.304 e. The van der Waals surface area contributed by atoms with Crippen molar-refractivity contribution in [2.24, 2.45) is 7.05 Å². The predicted octanol–water partition coefficient (Wildman–Crippen LogP) is 1.24. The molecule has 14 heavy (non-hydrogen) atoms. The zero-order chi connectivity index (χ0) is 10.7. The number of aliphatic carboxylic acids is 1. The van der Waals surface area contributed by atoms with E-state index >= 15 is 0 Å². The number of carboxylic acids is 1. The number of hydrogen-bond donors (Lipinski definition) is 1. The first-order valence-corrected chi connectivity index (χ1v) is 3.99. The quantitative estimate of drug-likeness (QED) is 0.802. The summed E-state index contributed by atoms with van der Waals surface area (Å²) in [6.45, 7) is 0. The third-order valence-electron chi connectivity index (χ3n) is 1.85. The zero-order valence-electron chi connectivity index (χ0n) is 7.52. The van der Waals surface area contributed by atoms with Crippen LogP contribution in [0, 0.1) is 0 Å². The summed E-state index contributed by atoms with van der Waals surface area (Å²) in [5.41, 5.74) is 0.255. The molecule has 1 N–H and O–H groups in total. The molecule has 1 aromatic rings. The second-order valence-electron chi connectivity index (χ2n) is 2.99. The molecule has 0 radical (unpaired) electrons. The molecule has 78 valence electrons. The molecule has 0 spiro atoms. The molecule has 0 aromatic carbocycles. The molecule has 1 aromatic heterocycles. The second-order valence-corrected chi connectivity index (χ2v) is 2.99. The maximum atomic E-state index is 12.5. The number of hydrogen-bond acceptors (Lipinski definition) is 2. The van der Waals surface area contributed by atoms with E-state index in [2.05, 4.69) is 5.10 Å². The van der Waals surface area contributed by atoms with Crippen molar-refractivity contribution < 1.29 is 18.7 Å². The molecule has 4 nitrogen and oxygen atoms in total. The van der Waals surface area contributed by atoms with Crippen LogP contribution in [0.4, 0.5) is 8.78 Å². The Morgan fingerprint density at radius 2 is 2.36 bits per heavy atom. The Morgan fingerprint density at radius 3 is 2.71 bits per heavy atom. The molecule has 0 saturated carbocycles. The van der Waals surface area contributed by atoms with Crippen molar-refractivity contribution in [2.45, 2.75) is 18.8 Å². The van der Waals surface area contributed by atoms with Gasteiger partial charge in [0.2, 0.25) is 6.43 Å². The Bertz CT molecular complexity index is 325. The molecule has 6 heteroatoms. The first-order valence-electron chi connectivity index (χ1n) is 3.99. The van der Waals surface area contributed by atoms with E-state index in [0.29, 0.717) is 0 Å². The number of carboxylic acid groups (broad SMARTS) is 1. The van der Waals surface area contributed by atoms with Crippen molar-refractivity contribution in [1.82, 2.24) is 9.78 Å². The lowest BCUT2D eigenvalue weighted by molar-refractivity contribution is -0.138. The molecular formula is C8H10F2N2O2. The highest BCUT2D eigenvalue weighted by atomic mass is 19.3. The number of aryl methyl sites for hydroxylation is 1. The van der Waals surface area contributed by atoms with Crippen LogP contribution in [-0.2, 0) is 11.8 Å². The average Bonchev–Trinajstić information content (AvgIpc) is 2.46. The summed E-state index contributed by atoms with van der Waals surface area (Å²) in [5, 5.41) is 12.2. The summed E-state index contributed by atoms with van der Waals surface area (Å²) in [5.74, 6) is -2.51. The fourth-order valence-corrected chi connectivity index (χ4v) is 1.17. The van der Waals surface area contributed by atoms with E-state index < -0.39 is 24.7 Å². The predicted molar refractivity (Wildman–Crippen MR) is 44.2 cm³/mol. The highest BCUT2D eigenvalue weighted by molar-refractivity contribution is 5.68. The van der Waals surface area contributed by atoms with Crippen LogP contribution in [0.5, 0.6) is 0 Å². The largest absolute Gasteiger partial charge is 0.481 e. The summed E-state index contributed by atoms with van der Waals surface area (Å²) in [6, 6.07) is 0. The summed E-state index contributed by atoms with van der Waals surface area (Å²) in [6.07, 6.45) is -0.599. The molecule has 0 saturated heterocycles. The van der Waals surface area contributed by atoms with E-state index in [9.17, 15) is 13.6 Å². The van der Waals surface area contributed by atoms with Gasteiger partial charge >= 0.3 is 5.97 Å². The van der Waals surface area contributed by atoms with Crippen LogP contribution in [0.2, 0.25) is 0 Å². The van der Waals surface area contributed by atoms with Crippen LogP contribution < -0.4 is 0 Å². The molecule has 1 rings (SSSR count). The summed E-state index contributed by atoms with van der Waals surface area (Å²) < 4.78 is 26.3. The number of nitrogens with zero attached hydrogens (tertiary/aromatic N) is 2. The Morgan fingerprint density at radius 1 is 1.71 bits per heavy atom. The van der Waals surface area contributed by atoms with Gasteiger partial charge in [-0.05, 0) is 5.56 Å². The Hall–Kier alpha value is -1.46. The van der Waals surface area contributed by atoms with E-state index in [4.69, 9.17) is 5.11 Å². The van der Waals surface area contributed by atoms with Crippen molar-refractivity contribution in [3.63, 3.8) is 0 Å². The van der Waals surface area contributed by atoms with Gasteiger partial charge in [-0.25, -0.2) is 8.78 Å². The van der Waals surface area contributed by atoms with Crippen molar-refractivity contribution in [3.05, 3.63) is 18.0 Å². The number of halogens is 2. The SMILES string of the molecule is Cn1cc(C(CC(=O)O)C(F)F)cn1. The summed E-state index contributed by atoms with van der Waals surface area (Å²) in [7, 11) is 1.59. The van der Waals surface area contributed by atoms with E-state index in [-0.39, 0.29) is 5.56 Å². The number of carbonyl (C=O) groups is 1. The van der Waals surface area contributed by atoms with Crippen LogP contribution >= 0.6 is 0 Å². The van der Waals surface area contributed by atoms with E-state index in [1.807, 2.05) is 0 Å². The lowest BCUT2D eigenvalue weighted by atomic mass is 10.00. The van der Waals surface area contributed by atoms with Gasteiger partial charge < -0.3 is 5.11 Å². The van der Waals surface area contributed by atoms with Crippen molar-refractivity contribution in [2.75, 3.05) is 0 Å². The normalized spacial score (nSPS) is 13.1. The molecule has 1 atom stereocenters. The lowest BCUT2D eigenvalue weighted by Crippen LogP contribution is -2.13. The first-order chi connectivity index (χ1) is 6.50. The minimum absolute atomic E-state index is 0.255. The highest BCUT2D eigenvalue weighted by Gasteiger charge is 2.26. The van der Waals surface area contributed by atoms with E-state index in [0.717, 1.165) is 0 Å². The van der Waals surface area contributed by atoms with Gasteiger partial charge in [-0.1, -0.05) is 0 Å². The van der Waals surface area contributed by atoms with Crippen LogP contribution in [-0.4, -0.2) is 27.3 Å². The van der Waals surface area contributed by atoms with Gasteiger partial charge in [0.25, 0.3) is 0 Å². The molecule has 0 fully saturated rings. The minimum atomic E-state index is -2.68. The molecule has 1 heterocycles. The smallest absolute Gasteiger partial charge is 0.304 e. The van der Waals surface area contributed by atoms with Gasteiger partial charge in [0.05, 0.1) is 18.5 Å². The molecule has 1 unspecified atom stereocenters. The van der Waals surface area contributed by atoms with E-state index in [1.165, 1.54) is 17.1 Å². The van der Waals surface area contributed by atoms with Gasteiger partial charge in [-0.15, -0.1) is 0 Å². The fraction of sp³-hybridized carbons (Fsp3) is 0.500. The molecule has 0 aliphatic rings. The Labute approximate surface area is 79.2 Å². The van der Waals surface area contributed by atoms with Crippen LogP contribution in [0.1, 0.15) is 17.9 Å². The van der Waals surface area contributed by atoms with Gasteiger partial charge in [0.1, 0.15) is 0 Å². The third kappa shape index (κ3) is 2.51. The molecule has 0 aliphatic heterocycles. The van der Waals surface area contributed by atoms with Crippen molar-refractivity contribution in [3.8, 4) is 0 Å². The zero-order valence-corrected chi connectivity index (χ0v) is 7.52. The van der Waals surface area contributed by atoms with Crippen LogP contribution in [0.3, 0.4) is 0 Å². The standard InChI is InChI=1S/C8H10F2N2O2/c1-12-4-5(3-11-12)6(8(9)10)2-7(13)14/h3-4,6,8H,2H2,1H3,(H,13,14).